The van der Waals surface area contributed by atoms with Gasteiger partial charge in [0.1, 0.15) is 0 Å². The van der Waals surface area contributed by atoms with Crippen LogP contribution in [-0.2, 0) is 0 Å². The first-order chi connectivity index (χ1) is 9.97. The molecule has 0 aliphatic rings. The molecule has 0 spiro atoms. The molecule has 0 N–H and O–H groups in total. The van der Waals surface area contributed by atoms with E-state index in [1.807, 2.05) is 0 Å². The van der Waals surface area contributed by atoms with Crippen LogP contribution in [0.4, 0.5) is 13.2 Å². The van der Waals surface area contributed by atoms with E-state index in [2.05, 4.69) is 0 Å². The van der Waals surface area contributed by atoms with Crippen LogP contribution in [0.25, 0.3) is 11.0 Å². The van der Waals surface area contributed by atoms with Crippen LogP contribution in [0, 0.1) is 17.5 Å². The van der Waals surface area contributed by atoms with Crippen molar-refractivity contribution >= 4 is 28.4 Å². The number of carbonyl (C=O) groups is 1. The summed E-state index contributed by atoms with van der Waals surface area (Å²) in [6.07, 6.45) is 0. The summed E-state index contributed by atoms with van der Waals surface area (Å²) in [6.45, 7) is 0. The minimum Gasteiger partial charge on any atom is -0.451 e. The molecule has 0 aliphatic heterocycles. The average Bonchev–Trinajstić information content (AvgIpc) is 2.89. The van der Waals surface area contributed by atoms with Crippen LogP contribution in [0.2, 0.25) is 5.02 Å². The van der Waals surface area contributed by atoms with Gasteiger partial charge in [0.2, 0.25) is 5.78 Å². The Labute approximate surface area is 121 Å². The van der Waals surface area contributed by atoms with E-state index >= 15 is 0 Å². The van der Waals surface area contributed by atoms with Gasteiger partial charge in [0.15, 0.2) is 28.8 Å². The number of rotatable bonds is 2. The van der Waals surface area contributed by atoms with Crippen molar-refractivity contribution in [2.45, 2.75) is 0 Å². The van der Waals surface area contributed by atoms with Crippen molar-refractivity contribution in [3.63, 3.8) is 0 Å². The van der Waals surface area contributed by atoms with Crippen LogP contribution >= 0.6 is 11.6 Å². The molecule has 2 nitrogen and oxygen atoms in total. The number of halogens is 4. The highest BCUT2D eigenvalue weighted by atomic mass is 35.5. The summed E-state index contributed by atoms with van der Waals surface area (Å²) in [4.78, 5) is 12.2. The Morgan fingerprint density at radius 1 is 1.05 bits per heavy atom. The average molecular weight is 311 g/mol. The number of para-hydroxylation sites is 1. The van der Waals surface area contributed by atoms with Crippen molar-refractivity contribution < 1.29 is 22.4 Å². The minimum atomic E-state index is -1.63. The maximum atomic E-state index is 13.2. The molecule has 0 unspecified atom stereocenters. The standard InChI is InChI=1S/C15H6ClF3O2/c16-9-3-1-2-7-6-12(21-15(7)9)14(20)8-4-10(17)13(19)11(18)5-8/h1-6H. The van der Waals surface area contributed by atoms with Gasteiger partial charge in [0.05, 0.1) is 5.02 Å². The first-order valence-electron chi connectivity index (χ1n) is 5.84. The predicted molar refractivity (Wildman–Crippen MR) is 71.0 cm³/mol. The molecule has 0 radical (unpaired) electrons. The molecule has 1 heterocycles. The highest BCUT2D eigenvalue weighted by Gasteiger charge is 2.20. The molecule has 0 fully saturated rings. The predicted octanol–water partition coefficient (Wildman–Crippen LogP) is 4.73. The van der Waals surface area contributed by atoms with Gasteiger partial charge in [-0.05, 0) is 24.3 Å². The highest BCUT2D eigenvalue weighted by molar-refractivity contribution is 6.35. The third-order valence-electron chi connectivity index (χ3n) is 2.97. The van der Waals surface area contributed by atoms with Gasteiger partial charge in [-0.2, -0.15) is 0 Å². The number of furan rings is 1. The molecule has 0 saturated carbocycles. The van der Waals surface area contributed by atoms with E-state index in [9.17, 15) is 18.0 Å². The smallest absolute Gasteiger partial charge is 0.228 e. The Hall–Kier alpha value is -2.27. The van der Waals surface area contributed by atoms with Gasteiger partial charge < -0.3 is 4.42 Å². The zero-order chi connectivity index (χ0) is 15.1. The maximum Gasteiger partial charge on any atom is 0.228 e. The quantitative estimate of drug-likeness (QED) is 0.506. The molecule has 0 aliphatic carbocycles. The Balaban J connectivity index is 2.10. The topological polar surface area (TPSA) is 30.2 Å². The number of hydrogen-bond acceptors (Lipinski definition) is 2. The second kappa shape index (κ2) is 4.93. The summed E-state index contributed by atoms with van der Waals surface area (Å²) >= 11 is 5.92. The first-order valence-corrected chi connectivity index (χ1v) is 6.22. The zero-order valence-corrected chi connectivity index (χ0v) is 11.0. The number of ketones is 1. The van der Waals surface area contributed by atoms with Gasteiger partial charge in [-0.15, -0.1) is 0 Å². The van der Waals surface area contributed by atoms with E-state index in [0.717, 1.165) is 0 Å². The van der Waals surface area contributed by atoms with E-state index in [0.29, 0.717) is 28.1 Å². The molecule has 106 valence electrons. The zero-order valence-electron chi connectivity index (χ0n) is 10.3. The fraction of sp³-hybridized carbons (Fsp3) is 0. The molecule has 0 amide bonds. The Bertz CT molecular complexity index is 847. The fourth-order valence-corrected chi connectivity index (χ4v) is 2.19. The molecule has 1 aromatic heterocycles. The lowest BCUT2D eigenvalue weighted by atomic mass is 10.1. The lowest BCUT2D eigenvalue weighted by Crippen LogP contribution is -2.03. The van der Waals surface area contributed by atoms with Crippen molar-refractivity contribution in [2.24, 2.45) is 0 Å². The van der Waals surface area contributed by atoms with E-state index in [-0.39, 0.29) is 11.3 Å². The SMILES string of the molecule is O=C(c1cc(F)c(F)c(F)c1)c1cc2cccc(Cl)c2o1. The molecular formula is C15H6ClF3O2. The molecule has 3 rings (SSSR count). The number of carbonyl (C=O) groups excluding carboxylic acids is 1. The first kappa shape index (κ1) is 13.7. The Kier molecular flexibility index (Phi) is 3.22. The van der Waals surface area contributed by atoms with Crippen molar-refractivity contribution in [3.8, 4) is 0 Å². The summed E-state index contributed by atoms with van der Waals surface area (Å²) in [5.74, 6) is -5.40. The normalized spacial score (nSPS) is 11.0. The van der Waals surface area contributed by atoms with Gasteiger partial charge >= 0.3 is 0 Å². The van der Waals surface area contributed by atoms with Gasteiger partial charge in [-0.1, -0.05) is 23.7 Å². The monoisotopic (exact) mass is 310 g/mol. The summed E-state index contributed by atoms with van der Waals surface area (Å²) in [5.41, 5.74) is -0.0489. The number of fused-ring (bicyclic) bond motifs is 1. The van der Waals surface area contributed by atoms with Crippen LogP contribution in [0.3, 0.4) is 0 Å². The highest BCUT2D eigenvalue weighted by Crippen LogP contribution is 2.28. The summed E-state index contributed by atoms with van der Waals surface area (Å²) < 4.78 is 44.5. The fourth-order valence-electron chi connectivity index (χ4n) is 1.97. The minimum absolute atomic E-state index is 0.136. The van der Waals surface area contributed by atoms with E-state index in [4.69, 9.17) is 16.0 Å². The van der Waals surface area contributed by atoms with E-state index < -0.39 is 23.2 Å². The molecule has 21 heavy (non-hydrogen) atoms. The van der Waals surface area contributed by atoms with Gasteiger partial charge in [-0.25, -0.2) is 13.2 Å². The van der Waals surface area contributed by atoms with Crippen molar-refractivity contribution in [3.05, 3.63) is 70.2 Å². The number of benzene rings is 2. The second-order valence-electron chi connectivity index (χ2n) is 4.35. The molecule has 2 aromatic carbocycles. The third kappa shape index (κ3) is 2.29. The van der Waals surface area contributed by atoms with Crippen molar-refractivity contribution in [1.29, 1.82) is 0 Å². The van der Waals surface area contributed by atoms with Crippen molar-refractivity contribution in [2.75, 3.05) is 0 Å². The summed E-state index contributed by atoms with van der Waals surface area (Å²) in [6, 6.07) is 7.58. The Morgan fingerprint density at radius 3 is 2.33 bits per heavy atom. The number of hydrogen-bond donors (Lipinski definition) is 0. The van der Waals surface area contributed by atoms with Crippen LogP contribution in [0.5, 0.6) is 0 Å². The Morgan fingerprint density at radius 2 is 1.71 bits per heavy atom. The van der Waals surface area contributed by atoms with E-state index in [1.165, 1.54) is 6.07 Å². The lowest BCUT2D eigenvalue weighted by Gasteiger charge is -2.00. The van der Waals surface area contributed by atoms with Gasteiger partial charge in [0, 0.05) is 10.9 Å². The van der Waals surface area contributed by atoms with Gasteiger partial charge in [0.25, 0.3) is 0 Å². The molecule has 0 saturated heterocycles. The van der Waals surface area contributed by atoms with Crippen molar-refractivity contribution in [1.82, 2.24) is 0 Å². The molecule has 0 atom stereocenters. The third-order valence-corrected chi connectivity index (χ3v) is 3.26. The van der Waals surface area contributed by atoms with Crippen LogP contribution in [0.15, 0.2) is 40.8 Å². The molecule has 0 bridgehead atoms. The molecule has 6 heteroatoms. The van der Waals surface area contributed by atoms with E-state index in [1.54, 1.807) is 18.2 Å². The lowest BCUT2D eigenvalue weighted by molar-refractivity contribution is 0.101. The van der Waals surface area contributed by atoms with Gasteiger partial charge in [-0.3, -0.25) is 4.79 Å². The summed E-state index contributed by atoms with van der Waals surface area (Å²) in [7, 11) is 0. The van der Waals surface area contributed by atoms with Crippen LogP contribution in [-0.4, -0.2) is 5.78 Å². The molecular weight excluding hydrogens is 305 g/mol. The largest absolute Gasteiger partial charge is 0.451 e. The maximum absolute atomic E-state index is 13.2. The molecule has 3 aromatic rings. The second-order valence-corrected chi connectivity index (χ2v) is 4.76. The van der Waals surface area contributed by atoms with Crippen LogP contribution in [0.1, 0.15) is 16.1 Å². The summed E-state index contributed by atoms with van der Waals surface area (Å²) in [5, 5.41) is 0.886. The van der Waals surface area contributed by atoms with Crippen LogP contribution < -0.4 is 0 Å².